The predicted octanol–water partition coefficient (Wildman–Crippen LogP) is -2.57. The van der Waals surface area contributed by atoms with E-state index >= 15 is 0 Å². The average Bonchev–Trinajstić information content (AvgIpc) is 2.81. The van der Waals surface area contributed by atoms with Gasteiger partial charge < -0.3 is 51.3 Å². The number of halogens is 3. The first-order valence-electron chi connectivity index (χ1n) is 9.93. The van der Waals surface area contributed by atoms with Crippen LogP contribution in [-0.4, -0.2) is 123 Å². The van der Waals surface area contributed by atoms with Gasteiger partial charge in [-0.25, -0.2) is 0 Å². The van der Waals surface area contributed by atoms with Crippen LogP contribution in [0.5, 0.6) is 0 Å². The highest BCUT2D eigenvalue weighted by Gasteiger charge is 2.34. The predicted molar refractivity (Wildman–Crippen MR) is 148 cm³/mol. The molecule has 0 fully saturated rings. The van der Waals surface area contributed by atoms with Gasteiger partial charge in [-0.1, -0.05) is 0 Å². The average molecular weight is 837 g/mol. The second-order valence-electron chi connectivity index (χ2n) is 7.29. The smallest absolute Gasteiger partial charge is 0.256 e. The Morgan fingerprint density at radius 3 is 1.57 bits per heavy atom. The molecule has 0 radical (unpaired) electrons. The molecular formula is C19H26I3N3O10. The maximum Gasteiger partial charge on any atom is 0.256 e. The lowest BCUT2D eigenvalue weighted by Gasteiger charge is -2.31. The second-order valence-corrected chi connectivity index (χ2v) is 10.5. The molecule has 9 N–H and O–H groups in total. The number of nitrogens with two attached hydrogens (primary N) is 1. The lowest BCUT2D eigenvalue weighted by atomic mass is 10.1. The number of primary amides is 1. The first-order chi connectivity index (χ1) is 16.4. The van der Waals surface area contributed by atoms with Crippen molar-refractivity contribution in [2.45, 2.75) is 18.3 Å². The van der Waals surface area contributed by atoms with Crippen LogP contribution in [0.3, 0.4) is 0 Å². The molecule has 1 aromatic carbocycles. The highest BCUT2D eigenvalue weighted by atomic mass is 127. The fourth-order valence-corrected chi connectivity index (χ4v) is 7.73. The van der Waals surface area contributed by atoms with Crippen molar-refractivity contribution in [1.82, 2.24) is 4.90 Å². The number of carbonyl (C=O) groups excluding carboxylic acids is 3. The van der Waals surface area contributed by atoms with Crippen LogP contribution in [0.1, 0.15) is 20.7 Å². The maximum absolute atomic E-state index is 13.6. The molecule has 0 aliphatic heterocycles. The van der Waals surface area contributed by atoms with Gasteiger partial charge >= 0.3 is 0 Å². The number of hydrogen-bond acceptors (Lipinski definition) is 10. The molecule has 3 amide bonds. The monoisotopic (exact) mass is 837 g/mol. The normalized spacial score (nSPS) is 13.8. The first kappa shape index (κ1) is 32.6. The van der Waals surface area contributed by atoms with Crippen LogP contribution >= 0.6 is 67.8 Å². The summed E-state index contributed by atoms with van der Waals surface area (Å²) in [6, 6.07) is 0. The molecule has 3 unspecified atom stereocenters. The van der Waals surface area contributed by atoms with Gasteiger partial charge in [0, 0.05) is 16.7 Å². The van der Waals surface area contributed by atoms with Crippen LogP contribution in [0.15, 0.2) is 0 Å². The number of aliphatic hydroxyl groups is 7. The minimum Gasteiger partial charge on any atom is -0.394 e. The Bertz CT molecular complexity index is 924. The summed E-state index contributed by atoms with van der Waals surface area (Å²) in [4.78, 5) is 40.4. The van der Waals surface area contributed by atoms with Crippen LogP contribution in [0.25, 0.3) is 0 Å². The Kier molecular flexibility index (Phi) is 14.0. The summed E-state index contributed by atoms with van der Waals surface area (Å²) < 4.78 is 0.351. The molecule has 0 aromatic heterocycles. The number of benzene rings is 1. The molecule has 0 spiro atoms. The van der Waals surface area contributed by atoms with Crippen molar-refractivity contribution >= 4 is 91.2 Å². The fourth-order valence-electron chi connectivity index (χ4n) is 2.99. The van der Waals surface area contributed by atoms with Gasteiger partial charge in [-0.15, -0.1) is 0 Å². The number of rotatable bonds is 13. The lowest BCUT2D eigenvalue weighted by Crippen LogP contribution is -2.45. The number of amides is 3. The van der Waals surface area contributed by atoms with Crippen LogP contribution in [0.2, 0.25) is 0 Å². The van der Waals surface area contributed by atoms with Gasteiger partial charge in [0.15, 0.2) is 0 Å². The molecule has 35 heavy (non-hydrogen) atoms. The van der Waals surface area contributed by atoms with E-state index < -0.39 is 82.1 Å². The number of aliphatic hydroxyl groups excluding tert-OH is 7. The summed E-state index contributed by atoms with van der Waals surface area (Å²) in [6.07, 6.45) is -4.18. The van der Waals surface area contributed by atoms with E-state index in [4.69, 9.17) is 5.73 Å². The lowest BCUT2D eigenvalue weighted by molar-refractivity contribution is -0.121. The largest absolute Gasteiger partial charge is 0.394 e. The van der Waals surface area contributed by atoms with Crippen LogP contribution in [0.4, 0.5) is 5.69 Å². The van der Waals surface area contributed by atoms with Gasteiger partial charge in [-0.2, -0.15) is 0 Å². The first-order valence-corrected chi connectivity index (χ1v) is 13.2. The molecule has 1 aromatic rings. The summed E-state index contributed by atoms with van der Waals surface area (Å²) in [5.41, 5.74) is 5.26. The second kappa shape index (κ2) is 15.1. The van der Waals surface area contributed by atoms with Gasteiger partial charge in [-0.05, 0) is 67.8 Å². The van der Waals surface area contributed by atoms with Gasteiger partial charge in [0.2, 0.25) is 0 Å². The SMILES string of the molecule is NC(=O)c1c(I)c(C(=O)N(CC(O)CO)CC(O)CO)c(I)c(N(CC(O)CO)C(=O)CO)c1I. The quantitative estimate of drug-likeness (QED) is 0.0970. The van der Waals surface area contributed by atoms with Crippen molar-refractivity contribution in [2.75, 3.05) is 51.0 Å². The third kappa shape index (κ3) is 8.26. The molecule has 0 saturated carbocycles. The van der Waals surface area contributed by atoms with Crippen LogP contribution < -0.4 is 10.6 Å². The number of hydrogen-bond donors (Lipinski definition) is 8. The van der Waals surface area contributed by atoms with Crippen molar-refractivity contribution in [3.8, 4) is 0 Å². The number of carbonyl (C=O) groups is 3. The Balaban J connectivity index is 3.91. The molecule has 0 bridgehead atoms. The third-order valence-corrected chi connectivity index (χ3v) is 7.81. The van der Waals surface area contributed by atoms with Crippen molar-refractivity contribution in [2.24, 2.45) is 5.73 Å². The summed E-state index contributed by atoms with van der Waals surface area (Å²) in [6.45, 7) is -4.45. The van der Waals surface area contributed by atoms with E-state index in [2.05, 4.69) is 0 Å². The Labute approximate surface area is 241 Å². The van der Waals surface area contributed by atoms with Gasteiger partial charge in [0.1, 0.15) is 6.61 Å². The molecule has 3 atom stereocenters. The van der Waals surface area contributed by atoms with E-state index in [1.165, 1.54) is 0 Å². The third-order valence-electron chi connectivity index (χ3n) is 4.64. The topological polar surface area (TPSA) is 225 Å². The Hall–Kier alpha value is -0.460. The van der Waals surface area contributed by atoms with E-state index in [0.717, 1.165) is 9.80 Å². The molecule has 0 aliphatic rings. The van der Waals surface area contributed by atoms with Crippen molar-refractivity contribution in [1.29, 1.82) is 0 Å². The number of nitrogens with zero attached hydrogens (tertiary/aromatic N) is 2. The fraction of sp³-hybridized carbons (Fsp3) is 0.526. The molecule has 13 nitrogen and oxygen atoms in total. The molecule has 0 saturated heterocycles. The van der Waals surface area contributed by atoms with Crippen molar-refractivity contribution in [3.05, 3.63) is 21.8 Å². The molecule has 0 heterocycles. The summed E-state index contributed by atoms with van der Waals surface area (Å²) >= 11 is 5.19. The molecular weight excluding hydrogens is 811 g/mol. The van der Waals surface area contributed by atoms with E-state index in [1.54, 1.807) is 67.8 Å². The minimum atomic E-state index is -1.41. The van der Waals surface area contributed by atoms with E-state index in [-0.39, 0.29) is 27.5 Å². The molecule has 0 aliphatic carbocycles. The molecule has 1 rings (SSSR count). The highest BCUT2D eigenvalue weighted by molar-refractivity contribution is 14.1. The zero-order chi connectivity index (χ0) is 27.0. The van der Waals surface area contributed by atoms with Crippen molar-refractivity contribution in [3.63, 3.8) is 0 Å². The van der Waals surface area contributed by atoms with E-state index in [1.807, 2.05) is 0 Å². The molecule has 198 valence electrons. The molecule has 16 heteroatoms. The van der Waals surface area contributed by atoms with Gasteiger partial charge in [-0.3, -0.25) is 14.4 Å². The van der Waals surface area contributed by atoms with Crippen LogP contribution in [0, 0.1) is 10.7 Å². The van der Waals surface area contributed by atoms with Crippen LogP contribution in [-0.2, 0) is 4.79 Å². The van der Waals surface area contributed by atoms with Crippen molar-refractivity contribution < 1.29 is 50.1 Å². The highest BCUT2D eigenvalue weighted by Crippen LogP contribution is 2.38. The van der Waals surface area contributed by atoms with Gasteiger partial charge in [0.25, 0.3) is 17.7 Å². The zero-order valence-electron chi connectivity index (χ0n) is 18.1. The maximum atomic E-state index is 13.6. The minimum absolute atomic E-state index is 0.0271. The van der Waals surface area contributed by atoms with E-state index in [9.17, 15) is 50.1 Å². The van der Waals surface area contributed by atoms with Gasteiger partial charge in [0.05, 0.1) is 68.6 Å². The standard InChI is InChI=1S/C19H26I3N3O10/c20-14-12(18(23)34)15(21)17(25(11(33)7-29)3-10(32)6-28)16(22)13(14)19(35)24(1-8(30)4-26)2-9(31)5-27/h8-10,26-32H,1-7H2,(H2,23,34). The Morgan fingerprint density at radius 2 is 1.17 bits per heavy atom. The summed E-state index contributed by atoms with van der Waals surface area (Å²) in [5, 5.41) is 67.0. The summed E-state index contributed by atoms with van der Waals surface area (Å²) in [5.74, 6) is -2.66. The van der Waals surface area contributed by atoms with E-state index in [0.29, 0.717) is 0 Å². The summed E-state index contributed by atoms with van der Waals surface area (Å²) in [7, 11) is 0. The zero-order valence-corrected chi connectivity index (χ0v) is 24.6. The number of anilines is 1. The Morgan fingerprint density at radius 1 is 0.743 bits per heavy atom.